The van der Waals surface area contributed by atoms with Crippen LogP contribution in [-0.4, -0.2) is 35.9 Å². The zero-order valence-electron chi connectivity index (χ0n) is 18.8. The van der Waals surface area contributed by atoms with E-state index in [0.29, 0.717) is 10.0 Å². The number of fused-ring (bicyclic) bond motifs is 2. The fraction of sp³-hybridized carbons (Fsp3) is 0.0741. The van der Waals surface area contributed by atoms with Crippen LogP contribution in [-0.2, 0) is 0 Å². The Labute approximate surface area is 212 Å². The van der Waals surface area contributed by atoms with Crippen molar-refractivity contribution in [3.63, 3.8) is 0 Å². The van der Waals surface area contributed by atoms with Gasteiger partial charge in [-0.25, -0.2) is 9.37 Å². The number of halogens is 2. The molecule has 9 heteroatoms. The number of rotatable bonds is 5. The van der Waals surface area contributed by atoms with Gasteiger partial charge >= 0.3 is 0 Å². The van der Waals surface area contributed by atoms with E-state index in [2.05, 4.69) is 31.1 Å². The lowest BCUT2D eigenvalue weighted by atomic mass is 10.0. The van der Waals surface area contributed by atoms with E-state index in [0.717, 1.165) is 38.9 Å². The molecule has 0 spiro atoms. The maximum atomic E-state index is 13.9. The van der Waals surface area contributed by atoms with E-state index in [1.54, 1.807) is 18.5 Å². The highest BCUT2D eigenvalue weighted by molar-refractivity contribution is 9.10. The minimum atomic E-state index is -0.709. The summed E-state index contributed by atoms with van der Waals surface area (Å²) >= 11 is 3.27. The third-order valence-electron chi connectivity index (χ3n) is 6.28. The predicted octanol–water partition coefficient (Wildman–Crippen LogP) is 5.19. The Morgan fingerprint density at radius 3 is 2.64 bits per heavy atom. The number of pyridine rings is 2. The highest BCUT2D eigenvalue weighted by Crippen LogP contribution is 2.31. The van der Waals surface area contributed by atoms with Crippen LogP contribution in [0.25, 0.3) is 38.9 Å². The summed E-state index contributed by atoms with van der Waals surface area (Å²) in [6, 6.07) is 16.8. The Morgan fingerprint density at radius 2 is 1.83 bits per heavy atom. The number of nitrogens with zero attached hydrogens (tertiary/aromatic N) is 4. The molecule has 6 aromatic rings. The summed E-state index contributed by atoms with van der Waals surface area (Å²) in [5.41, 5.74) is 5.25. The van der Waals surface area contributed by atoms with Crippen molar-refractivity contribution in [2.45, 2.75) is 6.04 Å². The second-order valence-corrected chi connectivity index (χ2v) is 9.42. The number of nitrogens with one attached hydrogen (secondary N) is 1. The molecule has 0 aliphatic carbocycles. The second kappa shape index (κ2) is 8.85. The van der Waals surface area contributed by atoms with Crippen molar-refractivity contribution >= 4 is 32.5 Å². The van der Waals surface area contributed by atoms with Crippen LogP contribution in [0.4, 0.5) is 4.39 Å². The molecule has 2 aromatic carbocycles. The van der Waals surface area contributed by atoms with Gasteiger partial charge in [0.05, 0.1) is 18.2 Å². The van der Waals surface area contributed by atoms with Gasteiger partial charge in [-0.3, -0.25) is 9.89 Å². The van der Waals surface area contributed by atoms with Gasteiger partial charge in [-0.2, -0.15) is 5.10 Å². The summed E-state index contributed by atoms with van der Waals surface area (Å²) in [7, 11) is 0. The normalized spacial score (nSPS) is 12.4. The Bertz CT molecular complexity index is 1790. The third kappa shape index (κ3) is 3.92. The Balaban J connectivity index is 1.39. The average Bonchev–Trinajstić information content (AvgIpc) is 3.51. The Hall–Kier alpha value is -4.08. The predicted molar refractivity (Wildman–Crippen MR) is 139 cm³/mol. The van der Waals surface area contributed by atoms with Crippen molar-refractivity contribution in [2.24, 2.45) is 0 Å². The molecule has 0 fully saturated rings. The standard InChI is InChI=1S/C27H19BrFN5O2/c28-20-9-19(10-21(29)13-20)24(15-35)34-7-5-17(12-26(34)36)16-1-3-23-22(11-16)27(32-31-23)18-2-4-25-30-6-8-33(25)14-18/h1-14,24,35H,15H2,(H,31,32)/t24-/m1/s1. The van der Waals surface area contributed by atoms with E-state index in [1.165, 1.54) is 22.8 Å². The number of aliphatic hydroxyl groups excluding tert-OH is 1. The molecule has 7 nitrogen and oxygen atoms in total. The molecule has 6 rings (SSSR count). The first-order valence-electron chi connectivity index (χ1n) is 11.2. The van der Waals surface area contributed by atoms with Crippen molar-refractivity contribution in [1.82, 2.24) is 24.1 Å². The van der Waals surface area contributed by atoms with Gasteiger partial charge < -0.3 is 14.1 Å². The fourth-order valence-electron chi connectivity index (χ4n) is 4.52. The number of hydrogen-bond acceptors (Lipinski definition) is 4. The van der Waals surface area contributed by atoms with Gasteiger partial charge in [-0.1, -0.05) is 22.0 Å². The summed E-state index contributed by atoms with van der Waals surface area (Å²) in [5, 5.41) is 18.5. The van der Waals surface area contributed by atoms with Crippen LogP contribution in [0.15, 0.2) is 94.7 Å². The molecular weight excluding hydrogens is 525 g/mol. The van der Waals surface area contributed by atoms with E-state index in [1.807, 2.05) is 53.2 Å². The highest BCUT2D eigenvalue weighted by atomic mass is 79.9. The molecule has 0 saturated carbocycles. The van der Waals surface area contributed by atoms with Crippen molar-refractivity contribution in [2.75, 3.05) is 6.61 Å². The molecule has 4 heterocycles. The summed E-state index contributed by atoms with van der Waals surface area (Å²) in [4.78, 5) is 17.4. The van der Waals surface area contributed by atoms with Crippen LogP contribution in [0.3, 0.4) is 0 Å². The van der Waals surface area contributed by atoms with Crippen molar-refractivity contribution < 1.29 is 9.50 Å². The third-order valence-corrected chi connectivity index (χ3v) is 6.74. The largest absolute Gasteiger partial charge is 0.394 e. The summed E-state index contributed by atoms with van der Waals surface area (Å²) in [5.74, 6) is -0.445. The van der Waals surface area contributed by atoms with Crippen LogP contribution < -0.4 is 5.56 Å². The highest BCUT2D eigenvalue weighted by Gasteiger charge is 2.17. The Morgan fingerprint density at radius 1 is 1.00 bits per heavy atom. The van der Waals surface area contributed by atoms with E-state index < -0.39 is 11.9 Å². The fourth-order valence-corrected chi connectivity index (χ4v) is 5.01. The minimum absolute atomic E-state index is 0.301. The van der Waals surface area contributed by atoms with E-state index in [9.17, 15) is 14.3 Å². The number of aromatic nitrogens is 5. The van der Waals surface area contributed by atoms with Crippen molar-refractivity contribution in [3.05, 3.63) is 112 Å². The maximum absolute atomic E-state index is 13.9. The summed E-state index contributed by atoms with van der Waals surface area (Å²) < 4.78 is 17.8. The number of aromatic amines is 1. The van der Waals surface area contributed by atoms with Gasteiger partial charge in [-0.15, -0.1) is 0 Å². The molecule has 0 radical (unpaired) electrons. The number of hydrogen-bond donors (Lipinski definition) is 2. The lowest BCUT2D eigenvalue weighted by Crippen LogP contribution is -2.27. The number of imidazole rings is 1. The van der Waals surface area contributed by atoms with Crippen molar-refractivity contribution in [3.8, 4) is 22.4 Å². The van der Waals surface area contributed by atoms with Gasteiger partial charge in [0.1, 0.15) is 17.2 Å². The molecule has 36 heavy (non-hydrogen) atoms. The number of aliphatic hydroxyl groups is 1. The zero-order chi connectivity index (χ0) is 24.8. The molecule has 0 aliphatic rings. The van der Waals surface area contributed by atoms with Gasteiger partial charge in [0.2, 0.25) is 0 Å². The second-order valence-electron chi connectivity index (χ2n) is 8.51. The van der Waals surface area contributed by atoms with Crippen LogP contribution in [0.1, 0.15) is 11.6 Å². The first-order chi connectivity index (χ1) is 17.5. The first kappa shape index (κ1) is 22.4. The van der Waals surface area contributed by atoms with Gasteiger partial charge in [0.25, 0.3) is 5.56 Å². The maximum Gasteiger partial charge on any atom is 0.251 e. The molecule has 4 aromatic heterocycles. The topological polar surface area (TPSA) is 88.2 Å². The summed E-state index contributed by atoms with van der Waals surface area (Å²) in [6.45, 7) is -0.346. The SMILES string of the molecule is O=c1cc(-c2ccc3[nH]nc(-c4ccc5nccn5c4)c3c2)ccn1[C@H](CO)c1cc(F)cc(Br)c1. The van der Waals surface area contributed by atoms with E-state index in [-0.39, 0.29) is 12.2 Å². The van der Waals surface area contributed by atoms with Crippen LogP contribution in [0.5, 0.6) is 0 Å². The van der Waals surface area contributed by atoms with Crippen LogP contribution >= 0.6 is 15.9 Å². The first-order valence-corrected chi connectivity index (χ1v) is 12.0. The summed E-state index contributed by atoms with van der Waals surface area (Å²) in [6.07, 6.45) is 7.24. The van der Waals surface area contributed by atoms with Crippen LogP contribution in [0, 0.1) is 5.82 Å². The molecule has 2 N–H and O–H groups in total. The molecule has 0 amide bonds. The average molecular weight is 544 g/mol. The van der Waals surface area contributed by atoms with Crippen LogP contribution in [0.2, 0.25) is 0 Å². The van der Waals surface area contributed by atoms with E-state index >= 15 is 0 Å². The molecule has 0 aliphatic heterocycles. The number of H-pyrrole nitrogens is 1. The molecule has 0 bridgehead atoms. The smallest absolute Gasteiger partial charge is 0.251 e. The molecular formula is C27H19BrFN5O2. The van der Waals surface area contributed by atoms with Gasteiger partial charge in [0.15, 0.2) is 0 Å². The van der Waals surface area contributed by atoms with E-state index in [4.69, 9.17) is 0 Å². The lowest BCUT2D eigenvalue weighted by Gasteiger charge is -2.19. The molecule has 178 valence electrons. The number of benzene rings is 2. The van der Waals surface area contributed by atoms with Gasteiger partial charge in [-0.05, 0) is 65.2 Å². The van der Waals surface area contributed by atoms with Gasteiger partial charge in [0, 0.05) is 46.3 Å². The van der Waals surface area contributed by atoms with Crippen molar-refractivity contribution in [1.29, 1.82) is 0 Å². The lowest BCUT2D eigenvalue weighted by molar-refractivity contribution is 0.246. The quantitative estimate of drug-likeness (QED) is 0.313. The Kier molecular flexibility index (Phi) is 5.50. The molecule has 1 atom stereocenters. The minimum Gasteiger partial charge on any atom is -0.394 e. The molecule has 0 saturated heterocycles. The molecule has 0 unspecified atom stereocenters. The zero-order valence-corrected chi connectivity index (χ0v) is 20.4. The monoisotopic (exact) mass is 543 g/mol.